The van der Waals surface area contributed by atoms with E-state index in [1.54, 1.807) is 29.2 Å². The number of aryl methyl sites for hydroxylation is 2. The summed E-state index contributed by atoms with van der Waals surface area (Å²) in [5, 5.41) is 14.1. The van der Waals surface area contributed by atoms with Gasteiger partial charge in [0.05, 0.1) is 6.20 Å². The first-order valence-electron chi connectivity index (χ1n) is 5.58. The highest BCUT2D eigenvalue weighted by Crippen LogP contribution is 2.24. The Bertz CT molecular complexity index is 522. The molecular weight excluding hydrogens is 219 g/mol. The maximum absolute atomic E-state index is 13.7. The zero-order valence-electron chi connectivity index (χ0n) is 9.89. The van der Waals surface area contributed by atoms with Gasteiger partial charge in [-0.05, 0) is 25.5 Å². The molecule has 2 rings (SSSR count). The van der Waals surface area contributed by atoms with Crippen LogP contribution in [-0.2, 0) is 6.54 Å². The Balaban J connectivity index is 2.33. The molecular formula is C13H15FN2O. The highest BCUT2D eigenvalue weighted by molar-refractivity contribution is 5.30. The number of hydrogen-bond donors (Lipinski definition) is 1. The van der Waals surface area contributed by atoms with Gasteiger partial charge < -0.3 is 5.11 Å². The molecule has 1 atom stereocenters. The molecule has 2 aromatic rings. The lowest BCUT2D eigenvalue weighted by atomic mass is 10.0. The van der Waals surface area contributed by atoms with E-state index in [1.807, 2.05) is 13.8 Å². The second-order valence-corrected chi connectivity index (χ2v) is 4.06. The lowest BCUT2D eigenvalue weighted by molar-refractivity contribution is 0.215. The number of rotatable bonds is 3. The van der Waals surface area contributed by atoms with Crippen LogP contribution in [0.1, 0.15) is 29.7 Å². The average molecular weight is 234 g/mol. The molecule has 4 heteroatoms. The van der Waals surface area contributed by atoms with E-state index in [2.05, 4.69) is 5.10 Å². The van der Waals surface area contributed by atoms with Crippen LogP contribution in [-0.4, -0.2) is 14.9 Å². The molecule has 0 bridgehead atoms. The van der Waals surface area contributed by atoms with E-state index in [4.69, 9.17) is 0 Å². The molecule has 1 aromatic heterocycles. The van der Waals surface area contributed by atoms with E-state index in [0.717, 1.165) is 12.1 Å². The Labute approximate surface area is 99.5 Å². The van der Waals surface area contributed by atoms with E-state index in [0.29, 0.717) is 5.56 Å². The third-order valence-electron chi connectivity index (χ3n) is 2.74. The Morgan fingerprint density at radius 3 is 2.82 bits per heavy atom. The van der Waals surface area contributed by atoms with Gasteiger partial charge in [-0.15, -0.1) is 0 Å². The van der Waals surface area contributed by atoms with Crippen molar-refractivity contribution in [1.29, 1.82) is 0 Å². The van der Waals surface area contributed by atoms with Gasteiger partial charge in [-0.25, -0.2) is 4.39 Å². The van der Waals surface area contributed by atoms with Crippen LogP contribution in [0.4, 0.5) is 4.39 Å². The van der Waals surface area contributed by atoms with Crippen molar-refractivity contribution in [3.05, 3.63) is 53.1 Å². The second kappa shape index (κ2) is 4.67. The highest BCUT2D eigenvalue weighted by Gasteiger charge is 2.16. The highest BCUT2D eigenvalue weighted by atomic mass is 19.1. The summed E-state index contributed by atoms with van der Waals surface area (Å²) < 4.78 is 15.4. The van der Waals surface area contributed by atoms with Crippen LogP contribution in [0.25, 0.3) is 0 Å². The number of nitrogens with zero attached hydrogens (tertiary/aromatic N) is 2. The smallest absolute Gasteiger partial charge is 0.129 e. The Morgan fingerprint density at radius 1 is 1.47 bits per heavy atom. The summed E-state index contributed by atoms with van der Waals surface area (Å²) in [6, 6.07) is 4.81. The number of halogens is 1. The van der Waals surface area contributed by atoms with Gasteiger partial charge in [0, 0.05) is 23.9 Å². The van der Waals surface area contributed by atoms with Gasteiger partial charge >= 0.3 is 0 Å². The minimum absolute atomic E-state index is 0.284. The second-order valence-electron chi connectivity index (χ2n) is 4.06. The van der Waals surface area contributed by atoms with E-state index in [-0.39, 0.29) is 11.4 Å². The summed E-state index contributed by atoms with van der Waals surface area (Å²) in [6.07, 6.45) is 2.33. The first kappa shape index (κ1) is 11.8. The van der Waals surface area contributed by atoms with Gasteiger partial charge in [0.2, 0.25) is 0 Å². The summed E-state index contributed by atoms with van der Waals surface area (Å²) in [5.41, 5.74) is 1.73. The van der Waals surface area contributed by atoms with Crippen molar-refractivity contribution in [3.8, 4) is 0 Å². The number of hydrogen-bond acceptors (Lipinski definition) is 2. The van der Waals surface area contributed by atoms with Gasteiger partial charge in [0.1, 0.15) is 11.9 Å². The standard InChI is InChI=1S/C13H15FN2O/c1-3-16-8-10(7-15-16)13(17)11-5-4-9(2)6-12(11)14/h4-8,13,17H,3H2,1-2H3. The maximum Gasteiger partial charge on any atom is 0.129 e. The fraction of sp³-hybridized carbons (Fsp3) is 0.308. The van der Waals surface area contributed by atoms with Gasteiger partial charge in [-0.3, -0.25) is 4.68 Å². The first-order chi connectivity index (χ1) is 8.11. The Hall–Kier alpha value is -1.68. The summed E-state index contributed by atoms with van der Waals surface area (Å²) >= 11 is 0. The monoisotopic (exact) mass is 234 g/mol. The van der Waals surface area contributed by atoms with Gasteiger partial charge in [-0.1, -0.05) is 12.1 Å². The van der Waals surface area contributed by atoms with Crippen LogP contribution in [0.5, 0.6) is 0 Å². The van der Waals surface area contributed by atoms with Crippen molar-refractivity contribution in [1.82, 2.24) is 9.78 Å². The van der Waals surface area contributed by atoms with Crippen LogP contribution >= 0.6 is 0 Å². The van der Waals surface area contributed by atoms with Crippen LogP contribution in [0.2, 0.25) is 0 Å². The fourth-order valence-electron chi connectivity index (χ4n) is 1.73. The lowest BCUT2D eigenvalue weighted by Gasteiger charge is -2.10. The molecule has 0 aliphatic carbocycles. The van der Waals surface area contributed by atoms with Crippen molar-refractivity contribution in [2.75, 3.05) is 0 Å². The Morgan fingerprint density at radius 2 is 2.24 bits per heavy atom. The average Bonchev–Trinajstić information content (AvgIpc) is 2.76. The number of aliphatic hydroxyl groups is 1. The number of benzene rings is 1. The molecule has 0 spiro atoms. The predicted octanol–water partition coefficient (Wildman–Crippen LogP) is 2.43. The molecule has 0 saturated heterocycles. The quantitative estimate of drug-likeness (QED) is 0.885. The van der Waals surface area contributed by atoms with Crippen LogP contribution in [0.15, 0.2) is 30.6 Å². The largest absolute Gasteiger partial charge is 0.383 e. The van der Waals surface area contributed by atoms with Crippen molar-refractivity contribution < 1.29 is 9.50 Å². The number of aliphatic hydroxyl groups excluding tert-OH is 1. The zero-order chi connectivity index (χ0) is 12.4. The topological polar surface area (TPSA) is 38.0 Å². The van der Waals surface area contributed by atoms with Crippen molar-refractivity contribution in [2.24, 2.45) is 0 Å². The molecule has 1 unspecified atom stereocenters. The molecule has 0 radical (unpaired) electrons. The molecule has 0 saturated carbocycles. The van der Waals surface area contributed by atoms with E-state index >= 15 is 0 Å². The van der Waals surface area contributed by atoms with E-state index in [1.165, 1.54) is 6.07 Å². The van der Waals surface area contributed by atoms with Gasteiger partial charge in [0.15, 0.2) is 0 Å². The summed E-state index contributed by atoms with van der Waals surface area (Å²) in [4.78, 5) is 0. The number of aromatic nitrogens is 2. The summed E-state index contributed by atoms with van der Waals surface area (Å²) in [7, 11) is 0. The summed E-state index contributed by atoms with van der Waals surface area (Å²) in [5.74, 6) is -0.387. The lowest BCUT2D eigenvalue weighted by Crippen LogP contribution is -2.02. The fourth-order valence-corrected chi connectivity index (χ4v) is 1.73. The molecule has 1 N–H and O–H groups in total. The minimum atomic E-state index is -0.962. The van der Waals surface area contributed by atoms with Crippen LogP contribution in [0, 0.1) is 12.7 Å². The predicted molar refractivity (Wildman–Crippen MR) is 63.1 cm³/mol. The maximum atomic E-state index is 13.7. The van der Waals surface area contributed by atoms with Crippen molar-refractivity contribution in [3.63, 3.8) is 0 Å². The molecule has 90 valence electrons. The molecule has 0 aliphatic rings. The molecule has 0 aliphatic heterocycles. The normalized spacial score (nSPS) is 12.7. The zero-order valence-corrected chi connectivity index (χ0v) is 9.89. The van der Waals surface area contributed by atoms with E-state index < -0.39 is 6.10 Å². The molecule has 0 amide bonds. The minimum Gasteiger partial charge on any atom is -0.383 e. The molecule has 0 fully saturated rings. The molecule has 3 nitrogen and oxygen atoms in total. The first-order valence-corrected chi connectivity index (χ1v) is 5.58. The van der Waals surface area contributed by atoms with Crippen LogP contribution < -0.4 is 0 Å². The van der Waals surface area contributed by atoms with Gasteiger partial charge in [0.25, 0.3) is 0 Å². The van der Waals surface area contributed by atoms with Crippen molar-refractivity contribution >= 4 is 0 Å². The summed E-state index contributed by atoms with van der Waals surface area (Å²) in [6.45, 7) is 4.49. The SMILES string of the molecule is CCn1cc(C(O)c2ccc(C)cc2F)cn1. The van der Waals surface area contributed by atoms with Crippen molar-refractivity contribution in [2.45, 2.75) is 26.5 Å². The van der Waals surface area contributed by atoms with Crippen LogP contribution in [0.3, 0.4) is 0 Å². The Kier molecular flexibility index (Phi) is 3.24. The molecule has 17 heavy (non-hydrogen) atoms. The third-order valence-corrected chi connectivity index (χ3v) is 2.74. The third kappa shape index (κ3) is 2.36. The van der Waals surface area contributed by atoms with E-state index in [9.17, 15) is 9.50 Å². The van der Waals surface area contributed by atoms with Gasteiger partial charge in [-0.2, -0.15) is 5.10 Å². The molecule has 1 heterocycles. The molecule has 1 aromatic carbocycles.